The molecule has 8 N–H and O–H groups in total. The summed E-state index contributed by atoms with van der Waals surface area (Å²) in [5, 5.41) is 32.5. The maximum Gasteiger partial charge on any atom is 0.279 e. The van der Waals surface area contributed by atoms with Gasteiger partial charge >= 0.3 is 0 Å². The molecule has 6 heterocycles. The number of benzene rings is 4. The second-order valence-corrected chi connectivity index (χ2v) is 21.8. The first-order valence-corrected chi connectivity index (χ1v) is 26.7. The Hall–Kier alpha value is -7.17. The minimum absolute atomic E-state index is 0.234. The zero-order valence-corrected chi connectivity index (χ0v) is 44.9. The normalized spacial score (nSPS) is 18.0. The molecule has 0 aliphatic carbocycles. The Labute approximate surface area is 448 Å². The zero-order valence-electron chi connectivity index (χ0n) is 42.5. The highest BCUT2D eigenvalue weighted by Gasteiger charge is 2.24. The fourth-order valence-corrected chi connectivity index (χ4v) is 11.3. The topological polar surface area (TPSA) is 211 Å². The Morgan fingerprint density at radius 3 is 1.35 bits per heavy atom. The number of amides is 4. The lowest BCUT2D eigenvalue weighted by atomic mass is 10.1. The van der Waals surface area contributed by atoms with Gasteiger partial charge in [0.2, 0.25) is 0 Å². The summed E-state index contributed by atoms with van der Waals surface area (Å²) >= 11 is 8.45. The van der Waals surface area contributed by atoms with Gasteiger partial charge in [-0.05, 0) is 112 Å². The first-order valence-electron chi connectivity index (χ1n) is 24.7. The van der Waals surface area contributed by atoms with Gasteiger partial charge in [-0.2, -0.15) is 10.2 Å². The fraction of sp³-hybridized carbons (Fsp3) is 0.296. The van der Waals surface area contributed by atoms with Crippen LogP contribution < -0.4 is 42.1 Å². The summed E-state index contributed by atoms with van der Waals surface area (Å²) in [4.78, 5) is 58.6. The highest BCUT2D eigenvalue weighted by atomic mass is 35.5. The summed E-state index contributed by atoms with van der Waals surface area (Å²) in [7, 11) is 3.54. The van der Waals surface area contributed by atoms with Crippen molar-refractivity contribution in [2.75, 3.05) is 60.9 Å². The molecule has 18 nitrogen and oxygen atoms in total. The van der Waals surface area contributed by atoms with Crippen LogP contribution in [-0.4, -0.2) is 118 Å². The van der Waals surface area contributed by atoms with Crippen LogP contribution in [0.5, 0.6) is 0 Å². The van der Waals surface area contributed by atoms with Crippen molar-refractivity contribution >= 4 is 101 Å². The van der Waals surface area contributed by atoms with Gasteiger partial charge in [0.1, 0.15) is 21.3 Å². The Bertz CT molecular complexity index is 3230. The van der Waals surface area contributed by atoms with Crippen molar-refractivity contribution in [3.8, 4) is 0 Å². The molecule has 4 aromatic heterocycles. The molecule has 4 unspecified atom stereocenters. The third-order valence-electron chi connectivity index (χ3n) is 12.8. The molecule has 0 spiro atoms. The largest absolute Gasteiger partial charge is 0.309 e. The first-order chi connectivity index (χ1) is 36.1. The Kier molecular flexibility index (Phi) is 16.6. The molecule has 390 valence electrons. The number of hydrogen-bond donors (Lipinski definition) is 8. The van der Waals surface area contributed by atoms with E-state index in [4.69, 9.17) is 11.6 Å². The van der Waals surface area contributed by atoms with Crippen molar-refractivity contribution in [3.05, 3.63) is 152 Å². The number of fused-ring (bicyclic) bond motifs is 2. The van der Waals surface area contributed by atoms with Gasteiger partial charge in [0.15, 0.2) is 0 Å². The molecule has 4 amide bonds. The van der Waals surface area contributed by atoms with Gasteiger partial charge in [-0.1, -0.05) is 54.1 Å². The van der Waals surface area contributed by atoms with Gasteiger partial charge in [-0.25, -0.2) is 0 Å². The van der Waals surface area contributed by atoms with E-state index in [1.807, 2.05) is 91.0 Å². The van der Waals surface area contributed by atoms with E-state index in [0.717, 1.165) is 50.6 Å². The molecule has 2 saturated heterocycles. The van der Waals surface area contributed by atoms with Crippen molar-refractivity contribution in [2.45, 2.75) is 65.0 Å². The number of nitrogens with zero attached hydrogens (tertiary/aromatic N) is 6. The highest BCUT2D eigenvalue weighted by molar-refractivity contribution is 7.20. The zero-order chi connectivity index (χ0) is 52.8. The number of hydrogen-bond acceptors (Lipinski definition) is 14. The Morgan fingerprint density at radius 1 is 0.560 bits per heavy atom. The third kappa shape index (κ3) is 13.4. The maximum absolute atomic E-state index is 12.9. The molecule has 75 heavy (non-hydrogen) atoms. The predicted molar refractivity (Wildman–Crippen MR) is 301 cm³/mol. The molecule has 10 rings (SSSR count). The average Bonchev–Trinajstić information content (AvgIpc) is 4.18. The van der Waals surface area contributed by atoms with Crippen LogP contribution in [0.4, 0.5) is 23.0 Å². The van der Waals surface area contributed by atoms with Crippen molar-refractivity contribution in [1.29, 1.82) is 0 Å². The van der Waals surface area contributed by atoms with Crippen LogP contribution >= 0.6 is 34.3 Å². The van der Waals surface area contributed by atoms with Gasteiger partial charge in [-0.15, -0.1) is 22.7 Å². The number of H-pyrrole nitrogens is 2. The van der Waals surface area contributed by atoms with E-state index in [9.17, 15) is 19.2 Å². The van der Waals surface area contributed by atoms with E-state index in [1.165, 1.54) is 33.8 Å². The number of hydrazine groups is 2. The highest BCUT2D eigenvalue weighted by Crippen LogP contribution is 2.31. The van der Waals surface area contributed by atoms with Crippen molar-refractivity contribution in [1.82, 2.24) is 51.7 Å². The fourth-order valence-electron chi connectivity index (χ4n) is 9.45. The van der Waals surface area contributed by atoms with Crippen molar-refractivity contribution in [3.63, 3.8) is 0 Å². The SMILES string of the molecule is CC1CN(Cc2ccc(C(=O)Nc3[nH]nc4sc(C(=O)NN(C)c5ccc(Cl)cc5)cc34)cc2)CC(C)N1.CC1CN(Cc2ccc(C(=O)Nc3[nH]nc4sc(C(=O)NN(C)c5ccccc5)cc34)cc2)CC(C)N1. The standard InChI is InChI=1S/C27H30ClN7O2S.C27H31N7O2S/c1-16-13-35(14-17(2)29-16)15-18-4-6-19(7-5-18)25(36)30-24-22-12-23(38-27(22)32-31-24)26(37)33-34(3)21-10-8-20(28)9-11-21;1-17-14-34(15-18(2)28-17)16-19-9-11-20(12-10-19)25(35)29-24-22-13-23(37-27(22)31-30-24)26(36)32-33(3)21-7-5-4-6-8-21/h4-12,16-17,29H,13-15H2,1-3H3,(H,33,37)(H2,30,31,32,36);4-13,17-18,28H,14-16H2,1-3H3,(H,32,36)(H2,29,30,31,35). The van der Waals surface area contributed by atoms with E-state index in [1.54, 1.807) is 48.4 Å². The maximum atomic E-state index is 12.9. The summed E-state index contributed by atoms with van der Waals surface area (Å²) in [5.74, 6) is -0.0605. The number of halogens is 1. The van der Waals surface area contributed by atoms with Gasteiger partial charge < -0.3 is 21.3 Å². The molecular weight excluding hydrogens is 1010 g/mol. The van der Waals surface area contributed by atoms with Gasteiger partial charge in [-0.3, -0.25) is 60.0 Å². The number of carbonyl (C=O) groups is 4. The molecule has 4 aromatic carbocycles. The number of carbonyl (C=O) groups excluding carboxylic acids is 4. The van der Waals surface area contributed by atoms with Gasteiger partial charge in [0.25, 0.3) is 23.6 Å². The lowest BCUT2D eigenvalue weighted by molar-refractivity contribution is 0.0947. The molecule has 8 aromatic rings. The smallest absolute Gasteiger partial charge is 0.279 e. The molecule has 0 saturated carbocycles. The molecule has 2 aliphatic rings. The van der Waals surface area contributed by atoms with Crippen LogP contribution in [0.25, 0.3) is 20.4 Å². The summed E-state index contributed by atoms with van der Waals surface area (Å²) in [6.07, 6.45) is 0. The van der Waals surface area contributed by atoms with Crippen LogP contribution in [0.3, 0.4) is 0 Å². The summed E-state index contributed by atoms with van der Waals surface area (Å²) < 4.78 is 0. The van der Waals surface area contributed by atoms with Crippen LogP contribution in [0, 0.1) is 0 Å². The molecule has 2 aliphatic heterocycles. The number of anilines is 4. The predicted octanol–water partition coefficient (Wildman–Crippen LogP) is 8.33. The Balaban J connectivity index is 0.000000184. The lowest BCUT2D eigenvalue weighted by Gasteiger charge is -2.36. The first kappa shape index (κ1) is 52.7. The van der Waals surface area contributed by atoms with E-state index in [0.29, 0.717) is 82.1 Å². The van der Waals surface area contributed by atoms with Crippen molar-refractivity contribution < 1.29 is 19.2 Å². The average molecular weight is 1070 g/mol. The third-order valence-corrected chi connectivity index (χ3v) is 15.1. The number of aromatic nitrogens is 4. The van der Waals surface area contributed by atoms with E-state index in [-0.39, 0.29) is 23.6 Å². The van der Waals surface area contributed by atoms with Crippen LogP contribution in [0.15, 0.2) is 115 Å². The second kappa shape index (κ2) is 23.6. The van der Waals surface area contributed by atoms with Gasteiger partial charge in [0.05, 0.1) is 31.9 Å². The Morgan fingerprint density at radius 2 is 0.947 bits per heavy atom. The molecule has 2 fully saturated rings. The van der Waals surface area contributed by atoms with Crippen LogP contribution in [-0.2, 0) is 13.1 Å². The second-order valence-electron chi connectivity index (χ2n) is 19.3. The van der Waals surface area contributed by atoms with E-state index >= 15 is 0 Å². The minimum atomic E-state index is -0.272. The monoisotopic (exact) mass is 1070 g/mol. The molecule has 0 radical (unpaired) electrons. The number of para-hydroxylation sites is 1. The number of nitrogens with one attached hydrogen (secondary N) is 8. The number of thiophene rings is 2. The molecular formula is C54H61ClN14O4S2. The van der Waals surface area contributed by atoms with Crippen LogP contribution in [0.2, 0.25) is 5.02 Å². The molecule has 0 bridgehead atoms. The number of rotatable bonds is 14. The lowest BCUT2D eigenvalue weighted by Crippen LogP contribution is -2.53. The van der Waals surface area contributed by atoms with E-state index < -0.39 is 0 Å². The summed E-state index contributed by atoms with van der Waals surface area (Å²) in [6.45, 7) is 14.5. The van der Waals surface area contributed by atoms with Crippen LogP contribution in [0.1, 0.15) is 78.9 Å². The van der Waals surface area contributed by atoms with E-state index in [2.05, 4.69) is 90.0 Å². The minimum Gasteiger partial charge on any atom is -0.309 e. The number of piperazine rings is 2. The molecule has 4 atom stereocenters. The quantitative estimate of drug-likeness (QED) is 0.0484. The molecule has 21 heteroatoms. The summed E-state index contributed by atoms with van der Waals surface area (Å²) in [5.41, 5.74) is 10.8. The summed E-state index contributed by atoms with van der Waals surface area (Å²) in [6, 6.07) is 37.4. The number of aromatic amines is 2. The van der Waals surface area contributed by atoms with Crippen molar-refractivity contribution in [2.24, 2.45) is 0 Å². The van der Waals surface area contributed by atoms with Gasteiger partial charge in [0, 0.05) is 93.7 Å².